The molecular formula is C12H23N5. The van der Waals surface area contributed by atoms with Gasteiger partial charge in [0.05, 0.1) is 12.1 Å². The monoisotopic (exact) mass is 237 g/mol. The molecule has 1 aromatic heterocycles. The molecule has 1 heterocycles. The summed E-state index contributed by atoms with van der Waals surface area (Å²) in [5, 5.41) is 15.4. The molecule has 17 heavy (non-hydrogen) atoms. The van der Waals surface area contributed by atoms with E-state index in [2.05, 4.69) is 41.6 Å². The Labute approximate surface area is 103 Å². The van der Waals surface area contributed by atoms with E-state index in [1.807, 2.05) is 11.7 Å². The van der Waals surface area contributed by atoms with Gasteiger partial charge in [0.25, 0.3) is 0 Å². The molecule has 0 aromatic carbocycles. The summed E-state index contributed by atoms with van der Waals surface area (Å²) in [5.74, 6) is 2.45. The maximum absolute atomic E-state index is 4.20. The number of aromatic nitrogens is 4. The topological polar surface area (TPSA) is 55.6 Å². The fourth-order valence-corrected chi connectivity index (χ4v) is 3.00. The molecule has 1 aliphatic rings. The Hall–Kier alpha value is -0.970. The van der Waals surface area contributed by atoms with Gasteiger partial charge in [-0.3, -0.25) is 0 Å². The van der Waals surface area contributed by atoms with Crippen molar-refractivity contribution in [2.45, 2.75) is 52.1 Å². The van der Waals surface area contributed by atoms with Gasteiger partial charge in [-0.15, -0.1) is 5.10 Å². The molecule has 4 unspecified atom stereocenters. The summed E-state index contributed by atoms with van der Waals surface area (Å²) < 4.78 is 2.04. The van der Waals surface area contributed by atoms with Crippen LogP contribution in [0.25, 0.3) is 0 Å². The molecule has 4 atom stereocenters. The van der Waals surface area contributed by atoms with Gasteiger partial charge in [-0.1, -0.05) is 20.3 Å². The maximum atomic E-state index is 4.20. The highest BCUT2D eigenvalue weighted by Crippen LogP contribution is 2.41. The van der Waals surface area contributed by atoms with Crippen molar-refractivity contribution in [1.82, 2.24) is 25.5 Å². The first-order valence-corrected chi connectivity index (χ1v) is 6.64. The van der Waals surface area contributed by atoms with Gasteiger partial charge in [0.15, 0.2) is 5.82 Å². The van der Waals surface area contributed by atoms with Gasteiger partial charge in [0, 0.05) is 0 Å². The molecule has 1 aliphatic carbocycles. The van der Waals surface area contributed by atoms with Gasteiger partial charge in [-0.2, -0.15) is 0 Å². The summed E-state index contributed by atoms with van der Waals surface area (Å²) in [7, 11) is 1.94. The van der Waals surface area contributed by atoms with E-state index in [9.17, 15) is 0 Å². The SMILES string of the molecule is CCC1CCC(n2nnnc2C(C)NC)C1C. The molecule has 1 N–H and O–H groups in total. The fraction of sp³-hybridized carbons (Fsp3) is 0.917. The first kappa shape index (κ1) is 12.5. The van der Waals surface area contributed by atoms with E-state index in [1.54, 1.807) is 0 Å². The van der Waals surface area contributed by atoms with Crippen molar-refractivity contribution in [1.29, 1.82) is 0 Å². The second-order valence-corrected chi connectivity index (χ2v) is 5.16. The molecule has 0 aliphatic heterocycles. The molecule has 5 nitrogen and oxygen atoms in total. The van der Waals surface area contributed by atoms with Crippen molar-refractivity contribution < 1.29 is 0 Å². The Morgan fingerprint density at radius 1 is 1.47 bits per heavy atom. The van der Waals surface area contributed by atoms with Gasteiger partial charge in [-0.05, 0) is 49.1 Å². The number of tetrazole rings is 1. The molecular weight excluding hydrogens is 214 g/mol. The van der Waals surface area contributed by atoms with E-state index in [0.717, 1.165) is 11.7 Å². The Balaban J connectivity index is 2.21. The second kappa shape index (κ2) is 5.12. The maximum Gasteiger partial charge on any atom is 0.168 e. The van der Waals surface area contributed by atoms with Crippen LogP contribution in [0.1, 0.15) is 57.9 Å². The Morgan fingerprint density at radius 2 is 2.24 bits per heavy atom. The smallest absolute Gasteiger partial charge is 0.168 e. The van der Waals surface area contributed by atoms with Crippen LogP contribution in [0.4, 0.5) is 0 Å². The number of hydrogen-bond acceptors (Lipinski definition) is 4. The largest absolute Gasteiger partial charge is 0.311 e. The van der Waals surface area contributed by atoms with Crippen LogP contribution in [0.5, 0.6) is 0 Å². The van der Waals surface area contributed by atoms with Crippen LogP contribution < -0.4 is 5.32 Å². The zero-order valence-electron chi connectivity index (χ0n) is 11.2. The third kappa shape index (κ3) is 2.20. The second-order valence-electron chi connectivity index (χ2n) is 5.16. The summed E-state index contributed by atoms with van der Waals surface area (Å²) in [6.45, 7) is 6.71. The van der Waals surface area contributed by atoms with E-state index >= 15 is 0 Å². The molecule has 1 fully saturated rings. The standard InChI is InChI=1S/C12H23N5/c1-5-10-6-7-11(8(10)2)17-12(9(3)13-4)14-15-16-17/h8-11,13H,5-7H2,1-4H3. The van der Waals surface area contributed by atoms with E-state index in [1.165, 1.54) is 19.3 Å². The van der Waals surface area contributed by atoms with Crippen LogP contribution >= 0.6 is 0 Å². The summed E-state index contributed by atoms with van der Waals surface area (Å²) in [6.07, 6.45) is 3.76. The molecule has 0 radical (unpaired) electrons. The summed E-state index contributed by atoms with van der Waals surface area (Å²) in [4.78, 5) is 0. The van der Waals surface area contributed by atoms with Crippen LogP contribution in [-0.4, -0.2) is 27.3 Å². The van der Waals surface area contributed by atoms with Crippen LogP contribution in [0.15, 0.2) is 0 Å². The molecule has 1 saturated carbocycles. The lowest BCUT2D eigenvalue weighted by Crippen LogP contribution is -2.24. The van der Waals surface area contributed by atoms with Gasteiger partial charge in [0.1, 0.15) is 0 Å². The molecule has 0 amide bonds. The molecule has 5 heteroatoms. The highest BCUT2D eigenvalue weighted by Gasteiger charge is 2.35. The predicted octanol–water partition coefficient (Wildman–Crippen LogP) is 1.95. The fourth-order valence-electron chi connectivity index (χ4n) is 3.00. The molecule has 0 saturated heterocycles. The van der Waals surface area contributed by atoms with Crippen molar-refractivity contribution in [3.05, 3.63) is 5.82 Å². The molecule has 0 bridgehead atoms. The third-order valence-electron chi connectivity index (χ3n) is 4.36. The average Bonchev–Trinajstić information content (AvgIpc) is 2.94. The van der Waals surface area contributed by atoms with Crippen molar-refractivity contribution in [3.63, 3.8) is 0 Å². The van der Waals surface area contributed by atoms with Crippen molar-refractivity contribution in [2.75, 3.05) is 7.05 Å². The number of hydrogen-bond donors (Lipinski definition) is 1. The van der Waals surface area contributed by atoms with Crippen LogP contribution in [0, 0.1) is 11.8 Å². The number of nitrogens with one attached hydrogen (secondary N) is 1. The van der Waals surface area contributed by atoms with Gasteiger partial charge in [-0.25, -0.2) is 4.68 Å². The van der Waals surface area contributed by atoms with Crippen LogP contribution in [0.3, 0.4) is 0 Å². The predicted molar refractivity (Wildman–Crippen MR) is 66.5 cm³/mol. The highest BCUT2D eigenvalue weighted by molar-refractivity contribution is 4.95. The lowest BCUT2D eigenvalue weighted by molar-refractivity contribution is 0.297. The van der Waals surface area contributed by atoms with Crippen molar-refractivity contribution in [2.24, 2.45) is 11.8 Å². The summed E-state index contributed by atoms with van der Waals surface area (Å²) in [6, 6.07) is 0.679. The minimum Gasteiger partial charge on any atom is -0.311 e. The zero-order valence-corrected chi connectivity index (χ0v) is 11.2. The van der Waals surface area contributed by atoms with Crippen LogP contribution in [-0.2, 0) is 0 Å². The molecule has 96 valence electrons. The normalized spacial score (nSPS) is 30.7. The van der Waals surface area contributed by atoms with Gasteiger partial charge in [0.2, 0.25) is 0 Å². The minimum atomic E-state index is 0.206. The third-order valence-corrected chi connectivity index (χ3v) is 4.36. The highest BCUT2D eigenvalue weighted by atomic mass is 15.6. The van der Waals surface area contributed by atoms with E-state index in [-0.39, 0.29) is 6.04 Å². The molecule has 0 spiro atoms. The Kier molecular flexibility index (Phi) is 3.76. The van der Waals surface area contributed by atoms with Gasteiger partial charge >= 0.3 is 0 Å². The summed E-state index contributed by atoms with van der Waals surface area (Å²) >= 11 is 0. The quantitative estimate of drug-likeness (QED) is 0.869. The van der Waals surface area contributed by atoms with Gasteiger partial charge < -0.3 is 5.32 Å². The summed E-state index contributed by atoms with van der Waals surface area (Å²) in [5.41, 5.74) is 0. The Bertz CT molecular complexity index is 362. The first-order chi connectivity index (χ1) is 8.19. The van der Waals surface area contributed by atoms with Crippen LogP contribution in [0.2, 0.25) is 0 Å². The average molecular weight is 237 g/mol. The van der Waals surface area contributed by atoms with Crippen molar-refractivity contribution in [3.8, 4) is 0 Å². The lowest BCUT2D eigenvalue weighted by Gasteiger charge is -2.22. The Morgan fingerprint density at radius 3 is 2.82 bits per heavy atom. The number of rotatable bonds is 4. The first-order valence-electron chi connectivity index (χ1n) is 6.64. The zero-order chi connectivity index (χ0) is 12.4. The molecule has 2 rings (SSSR count). The van der Waals surface area contributed by atoms with E-state index < -0.39 is 0 Å². The lowest BCUT2D eigenvalue weighted by atomic mass is 9.93. The van der Waals surface area contributed by atoms with E-state index in [0.29, 0.717) is 12.0 Å². The van der Waals surface area contributed by atoms with Crippen molar-refractivity contribution >= 4 is 0 Å². The number of nitrogens with zero attached hydrogens (tertiary/aromatic N) is 4. The molecule has 1 aromatic rings. The minimum absolute atomic E-state index is 0.206. The van der Waals surface area contributed by atoms with E-state index in [4.69, 9.17) is 0 Å².